The second kappa shape index (κ2) is 8.00. The largest absolute Gasteiger partial charge is 0.494 e. The van der Waals surface area contributed by atoms with Gasteiger partial charge in [0.2, 0.25) is 5.91 Å². The molecule has 0 spiro atoms. The lowest BCUT2D eigenvalue weighted by atomic mass is 9.86. The van der Waals surface area contributed by atoms with Gasteiger partial charge in [0.25, 0.3) is 0 Å². The molecular formula is C21H27NO2. The van der Waals surface area contributed by atoms with Crippen molar-refractivity contribution in [1.29, 1.82) is 0 Å². The number of anilines is 1. The van der Waals surface area contributed by atoms with E-state index in [1.165, 1.54) is 11.1 Å². The number of nitrogens with one attached hydrogen (secondary N) is 1. The summed E-state index contributed by atoms with van der Waals surface area (Å²) in [6.07, 6.45) is 1.20. The zero-order valence-corrected chi connectivity index (χ0v) is 15.1. The lowest BCUT2D eigenvalue weighted by molar-refractivity contribution is -0.116. The van der Waals surface area contributed by atoms with Gasteiger partial charge in [-0.2, -0.15) is 0 Å². The highest BCUT2D eigenvalue weighted by molar-refractivity contribution is 5.91. The third kappa shape index (κ3) is 5.41. The molecule has 0 saturated heterocycles. The topological polar surface area (TPSA) is 38.3 Å². The number of carbonyl (C=O) groups excluding carboxylic acids is 1. The summed E-state index contributed by atoms with van der Waals surface area (Å²) in [4.78, 5) is 12.1. The summed E-state index contributed by atoms with van der Waals surface area (Å²) in [7, 11) is 0. The first-order chi connectivity index (χ1) is 11.4. The Balaban J connectivity index is 1.88. The third-order valence-electron chi connectivity index (χ3n) is 3.89. The molecule has 2 aromatic carbocycles. The quantitative estimate of drug-likeness (QED) is 0.815. The smallest absolute Gasteiger partial charge is 0.224 e. The first kappa shape index (κ1) is 18.1. The van der Waals surface area contributed by atoms with Gasteiger partial charge in [-0.05, 0) is 42.0 Å². The molecule has 0 fully saturated rings. The lowest BCUT2D eigenvalue weighted by Gasteiger charge is -2.19. The molecule has 1 N–H and O–H groups in total. The van der Waals surface area contributed by atoms with Crippen LogP contribution in [0.4, 0.5) is 5.69 Å². The molecule has 0 aromatic heterocycles. The van der Waals surface area contributed by atoms with Crippen LogP contribution in [0.2, 0.25) is 0 Å². The average molecular weight is 325 g/mol. The fourth-order valence-electron chi connectivity index (χ4n) is 2.48. The fourth-order valence-corrected chi connectivity index (χ4v) is 2.48. The van der Waals surface area contributed by atoms with Crippen molar-refractivity contribution < 1.29 is 9.53 Å². The molecule has 0 bridgehead atoms. The Hall–Kier alpha value is -2.29. The minimum atomic E-state index is 0.0172. The number of hydrogen-bond acceptors (Lipinski definition) is 2. The summed E-state index contributed by atoms with van der Waals surface area (Å²) in [5.41, 5.74) is 3.42. The van der Waals surface area contributed by atoms with Crippen molar-refractivity contribution in [2.45, 2.75) is 46.0 Å². The first-order valence-corrected chi connectivity index (χ1v) is 8.50. The standard InChI is InChI=1S/C21H27NO2/c1-5-24-19-8-6-7-18(15-19)22-20(23)14-11-16-9-12-17(13-10-16)21(2,3)4/h6-10,12-13,15H,5,11,14H2,1-4H3,(H,22,23). The number of carbonyl (C=O) groups is 1. The van der Waals surface area contributed by atoms with Crippen molar-refractivity contribution in [3.05, 3.63) is 59.7 Å². The van der Waals surface area contributed by atoms with Crippen molar-refractivity contribution in [1.82, 2.24) is 0 Å². The number of amides is 1. The summed E-state index contributed by atoms with van der Waals surface area (Å²) in [5, 5.41) is 2.93. The van der Waals surface area contributed by atoms with Gasteiger partial charge < -0.3 is 10.1 Å². The van der Waals surface area contributed by atoms with Gasteiger partial charge in [0.15, 0.2) is 0 Å². The maximum absolute atomic E-state index is 12.1. The van der Waals surface area contributed by atoms with Crippen molar-refractivity contribution in [2.24, 2.45) is 0 Å². The second-order valence-electron chi connectivity index (χ2n) is 6.96. The maximum atomic E-state index is 12.1. The molecule has 2 rings (SSSR count). The molecule has 0 radical (unpaired) electrons. The van der Waals surface area contributed by atoms with E-state index in [4.69, 9.17) is 4.74 Å². The normalized spacial score (nSPS) is 11.2. The van der Waals surface area contributed by atoms with E-state index in [1.54, 1.807) is 0 Å². The average Bonchev–Trinajstić information content (AvgIpc) is 2.53. The molecule has 2 aromatic rings. The molecule has 24 heavy (non-hydrogen) atoms. The van der Waals surface area contributed by atoms with E-state index in [2.05, 4.69) is 50.4 Å². The van der Waals surface area contributed by atoms with Crippen molar-refractivity contribution in [2.75, 3.05) is 11.9 Å². The minimum Gasteiger partial charge on any atom is -0.494 e. The predicted molar refractivity (Wildman–Crippen MR) is 99.7 cm³/mol. The van der Waals surface area contributed by atoms with Gasteiger partial charge in [0.1, 0.15) is 5.75 Å². The molecule has 1 amide bonds. The molecule has 0 aliphatic rings. The van der Waals surface area contributed by atoms with E-state index in [1.807, 2.05) is 31.2 Å². The molecule has 0 aliphatic carbocycles. The Kier molecular flexibility index (Phi) is 6.02. The van der Waals surface area contributed by atoms with E-state index in [-0.39, 0.29) is 11.3 Å². The van der Waals surface area contributed by atoms with E-state index >= 15 is 0 Å². The summed E-state index contributed by atoms with van der Waals surface area (Å²) in [6, 6.07) is 16.0. The Labute approximate surface area is 145 Å². The lowest BCUT2D eigenvalue weighted by Crippen LogP contribution is -2.13. The van der Waals surface area contributed by atoms with Crippen LogP contribution >= 0.6 is 0 Å². The van der Waals surface area contributed by atoms with Gasteiger partial charge in [0.05, 0.1) is 6.61 Å². The molecule has 128 valence electrons. The van der Waals surface area contributed by atoms with Crippen LogP contribution < -0.4 is 10.1 Å². The molecule has 0 unspecified atom stereocenters. The number of rotatable bonds is 6. The minimum absolute atomic E-state index is 0.0172. The van der Waals surface area contributed by atoms with Gasteiger partial charge in [-0.3, -0.25) is 4.79 Å². The maximum Gasteiger partial charge on any atom is 0.224 e. The molecule has 0 saturated carbocycles. The van der Waals surface area contributed by atoms with Gasteiger partial charge in [0, 0.05) is 18.2 Å². The summed E-state index contributed by atoms with van der Waals surface area (Å²) in [6.45, 7) is 9.15. The van der Waals surface area contributed by atoms with E-state index < -0.39 is 0 Å². The number of benzene rings is 2. The highest BCUT2D eigenvalue weighted by atomic mass is 16.5. The molecule has 0 aliphatic heterocycles. The van der Waals surface area contributed by atoms with Crippen molar-refractivity contribution >= 4 is 11.6 Å². The zero-order chi connectivity index (χ0) is 17.6. The monoisotopic (exact) mass is 325 g/mol. The van der Waals surface area contributed by atoms with Crippen LogP contribution in [0.15, 0.2) is 48.5 Å². The second-order valence-corrected chi connectivity index (χ2v) is 6.96. The number of ether oxygens (including phenoxy) is 1. The Morgan fingerprint density at radius 3 is 2.42 bits per heavy atom. The van der Waals surface area contributed by atoms with Crippen molar-refractivity contribution in [3.8, 4) is 5.75 Å². The molecule has 0 heterocycles. The Morgan fingerprint density at radius 2 is 1.79 bits per heavy atom. The zero-order valence-electron chi connectivity index (χ0n) is 15.1. The Bertz CT molecular complexity index is 669. The number of aryl methyl sites for hydroxylation is 1. The number of hydrogen-bond donors (Lipinski definition) is 1. The van der Waals surface area contributed by atoms with Gasteiger partial charge >= 0.3 is 0 Å². The molecule has 0 atom stereocenters. The van der Waals surface area contributed by atoms with Gasteiger partial charge in [-0.15, -0.1) is 0 Å². The molecule has 3 nitrogen and oxygen atoms in total. The van der Waals surface area contributed by atoms with Crippen LogP contribution in [-0.2, 0) is 16.6 Å². The molecular weight excluding hydrogens is 298 g/mol. The highest BCUT2D eigenvalue weighted by Gasteiger charge is 2.13. The van der Waals surface area contributed by atoms with Crippen LogP contribution in [0.3, 0.4) is 0 Å². The fraction of sp³-hybridized carbons (Fsp3) is 0.381. The Morgan fingerprint density at radius 1 is 1.08 bits per heavy atom. The predicted octanol–water partition coefficient (Wildman–Crippen LogP) is 4.95. The van der Waals surface area contributed by atoms with E-state index in [0.29, 0.717) is 13.0 Å². The highest BCUT2D eigenvalue weighted by Crippen LogP contribution is 2.22. The summed E-state index contributed by atoms with van der Waals surface area (Å²) < 4.78 is 5.44. The van der Waals surface area contributed by atoms with Crippen LogP contribution in [0.1, 0.15) is 45.2 Å². The van der Waals surface area contributed by atoms with Gasteiger partial charge in [-0.1, -0.05) is 51.1 Å². The summed E-state index contributed by atoms with van der Waals surface area (Å²) in [5.74, 6) is 0.789. The van der Waals surface area contributed by atoms with Crippen LogP contribution in [0.25, 0.3) is 0 Å². The van der Waals surface area contributed by atoms with Crippen LogP contribution in [-0.4, -0.2) is 12.5 Å². The van der Waals surface area contributed by atoms with Crippen LogP contribution in [0.5, 0.6) is 5.75 Å². The first-order valence-electron chi connectivity index (χ1n) is 8.50. The SMILES string of the molecule is CCOc1cccc(NC(=O)CCc2ccc(C(C)(C)C)cc2)c1. The summed E-state index contributed by atoms with van der Waals surface area (Å²) >= 11 is 0. The van der Waals surface area contributed by atoms with E-state index in [9.17, 15) is 4.79 Å². The van der Waals surface area contributed by atoms with E-state index in [0.717, 1.165) is 17.9 Å². The van der Waals surface area contributed by atoms with Crippen molar-refractivity contribution in [3.63, 3.8) is 0 Å². The van der Waals surface area contributed by atoms with Gasteiger partial charge in [-0.25, -0.2) is 0 Å². The van der Waals surface area contributed by atoms with Crippen LogP contribution in [0, 0.1) is 0 Å². The molecule has 3 heteroatoms. The third-order valence-corrected chi connectivity index (χ3v) is 3.89.